The molecule has 0 amide bonds. The summed E-state index contributed by atoms with van der Waals surface area (Å²) in [6.07, 6.45) is 4.82. The smallest absolute Gasteiger partial charge is 0.119 e. The van der Waals surface area contributed by atoms with Gasteiger partial charge in [-0.1, -0.05) is 25.0 Å². The lowest BCUT2D eigenvalue weighted by atomic mass is 10.1. The van der Waals surface area contributed by atoms with E-state index in [0.29, 0.717) is 19.2 Å². The van der Waals surface area contributed by atoms with E-state index in [4.69, 9.17) is 10.5 Å². The summed E-state index contributed by atoms with van der Waals surface area (Å²) in [6.45, 7) is 3.43. The van der Waals surface area contributed by atoms with E-state index < -0.39 is 0 Å². The molecule has 112 valence electrons. The fourth-order valence-electron chi connectivity index (χ4n) is 2.74. The minimum atomic E-state index is 0.255. The molecule has 1 aromatic carbocycles. The third kappa shape index (κ3) is 4.47. The molecule has 1 saturated heterocycles. The second-order valence-corrected chi connectivity index (χ2v) is 5.42. The summed E-state index contributed by atoms with van der Waals surface area (Å²) in [5, 5.41) is 9.47. The summed E-state index contributed by atoms with van der Waals surface area (Å²) in [7, 11) is 0. The average Bonchev–Trinajstić information content (AvgIpc) is 2.73. The summed E-state index contributed by atoms with van der Waals surface area (Å²) in [6, 6.07) is 8.23. The number of ether oxygens (including phenoxy) is 1. The van der Waals surface area contributed by atoms with Crippen LogP contribution in [0.2, 0.25) is 0 Å². The van der Waals surface area contributed by atoms with Crippen molar-refractivity contribution in [2.75, 3.05) is 26.3 Å². The second kappa shape index (κ2) is 8.25. The fraction of sp³-hybridized carbons (Fsp3) is 0.625. The molecule has 1 heterocycles. The van der Waals surface area contributed by atoms with Crippen LogP contribution in [0.15, 0.2) is 24.3 Å². The summed E-state index contributed by atoms with van der Waals surface area (Å²) in [5.74, 6) is 0.887. The lowest BCUT2D eigenvalue weighted by Gasteiger charge is -2.28. The van der Waals surface area contributed by atoms with Crippen LogP contribution in [0.5, 0.6) is 5.75 Å². The fourth-order valence-corrected chi connectivity index (χ4v) is 2.74. The van der Waals surface area contributed by atoms with Crippen molar-refractivity contribution in [3.63, 3.8) is 0 Å². The Hall–Kier alpha value is -1.10. The zero-order valence-corrected chi connectivity index (χ0v) is 12.1. The lowest BCUT2D eigenvalue weighted by molar-refractivity contribution is 0.108. The standard InChI is InChI=1S/C16H26N2O2/c17-12-14-5-7-16(8-6-14)20-11-10-18-9-3-1-2-4-15(18)13-19/h5-8,15,19H,1-4,9-13,17H2. The minimum absolute atomic E-state index is 0.255. The van der Waals surface area contributed by atoms with Gasteiger partial charge in [-0.25, -0.2) is 0 Å². The lowest BCUT2D eigenvalue weighted by Crippen LogP contribution is -2.40. The van der Waals surface area contributed by atoms with Crippen molar-refractivity contribution in [3.8, 4) is 5.75 Å². The van der Waals surface area contributed by atoms with Gasteiger partial charge in [-0.05, 0) is 37.1 Å². The van der Waals surface area contributed by atoms with Crippen molar-refractivity contribution in [1.29, 1.82) is 0 Å². The minimum Gasteiger partial charge on any atom is -0.492 e. The third-order valence-corrected chi connectivity index (χ3v) is 4.02. The van der Waals surface area contributed by atoms with E-state index in [2.05, 4.69) is 4.90 Å². The number of aliphatic hydroxyl groups excluding tert-OH is 1. The van der Waals surface area contributed by atoms with Gasteiger partial charge < -0.3 is 15.6 Å². The Morgan fingerprint density at radius 3 is 2.70 bits per heavy atom. The number of hydrogen-bond acceptors (Lipinski definition) is 4. The van der Waals surface area contributed by atoms with E-state index in [9.17, 15) is 5.11 Å². The van der Waals surface area contributed by atoms with Crippen LogP contribution in [0.25, 0.3) is 0 Å². The maximum absolute atomic E-state index is 9.47. The van der Waals surface area contributed by atoms with Gasteiger partial charge in [0.15, 0.2) is 0 Å². The van der Waals surface area contributed by atoms with Crippen molar-refractivity contribution >= 4 is 0 Å². The first-order valence-electron chi connectivity index (χ1n) is 7.60. The molecular formula is C16H26N2O2. The van der Waals surface area contributed by atoms with Crippen LogP contribution in [0.3, 0.4) is 0 Å². The van der Waals surface area contributed by atoms with Crippen LogP contribution in [0.1, 0.15) is 31.2 Å². The van der Waals surface area contributed by atoms with Crippen LogP contribution >= 0.6 is 0 Å². The molecule has 0 bridgehead atoms. The second-order valence-electron chi connectivity index (χ2n) is 5.42. The number of benzene rings is 1. The summed E-state index contributed by atoms with van der Waals surface area (Å²) in [4.78, 5) is 2.36. The Morgan fingerprint density at radius 2 is 2.00 bits per heavy atom. The highest BCUT2D eigenvalue weighted by Crippen LogP contribution is 2.17. The molecule has 3 N–H and O–H groups in total. The molecule has 2 rings (SSSR count). The molecule has 0 radical (unpaired) electrons. The molecule has 1 aromatic rings. The molecule has 20 heavy (non-hydrogen) atoms. The molecule has 0 saturated carbocycles. The van der Waals surface area contributed by atoms with Crippen molar-refractivity contribution < 1.29 is 9.84 Å². The largest absolute Gasteiger partial charge is 0.492 e. The molecule has 1 unspecified atom stereocenters. The van der Waals surface area contributed by atoms with Crippen LogP contribution in [-0.4, -0.2) is 42.4 Å². The third-order valence-electron chi connectivity index (χ3n) is 4.02. The SMILES string of the molecule is NCc1ccc(OCCN2CCCCCC2CO)cc1. The van der Waals surface area contributed by atoms with Crippen molar-refractivity contribution in [3.05, 3.63) is 29.8 Å². The predicted molar refractivity (Wildman–Crippen MR) is 80.7 cm³/mol. The monoisotopic (exact) mass is 278 g/mol. The number of hydrogen-bond donors (Lipinski definition) is 2. The van der Waals surface area contributed by atoms with Gasteiger partial charge in [0.25, 0.3) is 0 Å². The maximum Gasteiger partial charge on any atom is 0.119 e. The van der Waals surface area contributed by atoms with Gasteiger partial charge >= 0.3 is 0 Å². The van der Waals surface area contributed by atoms with Crippen LogP contribution < -0.4 is 10.5 Å². The molecule has 0 aliphatic carbocycles. The normalized spacial score (nSPS) is 20.6. The molecule has 1 aliphatic rings. The number of nitrogens with zero attached hydrogens (tertiary/aromatic N) is 1. The summed E-state index contributed by atoms with van der Waals surface area (Å²) in [5.41, 5.74) is 6.69. The molecule has 4 nitrogen and oxygen atoms in total. The average molecular weight is 278 g/mol. The Labute approximate surface area is 121 Å². The molecule has 1 atom stereocenters. The van der Waals surface area contributed by atoms with Crippen molar-refractivity contribution in [1.82, 2.24) is 4.90 Å². The van der Waals surface area contributed by atoms with Crippen molar-refractivity contribution in [2.45, 2.75) is 38.3 Å². The molecular weight excluding hydrogens is 252 g/mol. The number of nitrogens with two attached hydrogens (primary N) is 1. The van der Waals surface area contributed by atoms with Gasteiger partial charge in [-0.15, -0.1) is 0 Å². The summed E-state index contributed by atoms with van der Waals surface area (Å²) >= 11 is 0. The van der Waals surface area contributed by atoms with Crippen LogP contribution in [-0.2, 0) is 6.54 Å². The first-order chi connectivity index (χ1) is 9.83. The highest BCUT2D eigenvalue weighted by atomic mass is 16.5. The van der Waals surface area contributed by atoms with E-state index in [1.54, 1.807) is 0 Å². The van der Waals surface area contributed by atoms with E-state index in [1.165, 1.54) is 19.3 Å². The van der Waals surface area contributed by atoms with Gasteiger partial charge in [0, 0.05) is 19.1 Å². The topological polar surface area (TPSA) is 58.7 Å². The number of aliphatic hydroxyl groups is 1. The molecule has 0 spiro atoms. The molecule has 1 fully saturated rings. The van der Waals surface area contributed by atoms with Crippen LogP contribution in [0.4, 0.5) is 0 Å². The maximum atomic E-state index is 9.47. The van der Waals surface area contributed by atoms with Crippen LogP contribution in [0, 0.1) is 0 Å². The molecule has 4 heteroatoms. The number of likely N-dealkylation sites (tertiary alicyclic amines) is 1. The Balaban J connectivity index is 1.78. The quantitative estimate of drug-likeness (QED) is 0.832. The highest BCUT2D eigenvalue weighted by molar-refractivity contribution is 5.27. The van der Waals surface area contributed by atoms with E-state index in [1.807, 2.05) is 24.3 Å². The van der Waals surface area contributed by atoms with Gasteiger partial charge in [0.05, 0.1) is 6.61 Å². The first kappa shape index (κ1) is 15.3. The number of rotatable bonds is 6. The van der Waals surface area contributed by atoms with Gasteiger partial charge in [-0.3, -0.25) is 4.90 Å². The highest BCUT2D eigenvalue weighted by Gasteiger charge is 2.19. The van der Waals surface area contributed by atoms with Crippen molar-refractivity contribution in [2.24, 2.45) is 5.73 Å². The van der Waals surface area contributed by atoms with Gasteiger partial charge in [0.1, 0.15) is 12.4 Å². The van der Waals surface area contributed by atoms with Gasteiger partial charge in [-0.2, -0.15) is 0 Å². The summed E-state index contributed by atoms with van der Waals surface area (Å²) < 4.78 is 5.78. The van der Waals surface area contributed by atoms with Gasteiger partial charge in [0.2, 0.25) is 0 Å². The Bertz CT molecular complexity index is 381. The van der Waals surface area contributed by atoms with E-state index in [-0.39, 0.29) is 6.61 Å². The Kier molecular flexibility index (Phi) is 6.30. The zero-order chi connectivity index (χ0) is 14.2. The van der Waals surface area contributed by atoms with E-state index in [0.717, 1.165) is 30.8 Å². The first-order valence-corrected chi connectivity index (χ1v) is 7.60. The van der Waals surface area contributed by atoms with E-state index >= 15 is 0 Å². The predicted octanol–water partition coefficient (Wildman–Crippen LogP) is 1.76. The molecule has 1 aliphatic heterocycles. The zero-order valence-electron chi connectivity index (χ0n) is 12.1. The Morgan fingerprint density at radius 1 is 1.20 bits per heavy atom. The molecule has 0 aromatic heterocycles.